The number of halogens is 1. The smallest absolute Gasteiger partial charge is 0.223 e. The standard InChI is InChI=1S/C15H20ClNO/c1-8-11(16)7-10-9-3-2-4-12(17-14(9)18)13(8)15(10)5-6-15/h7-10,12-13H,2-6H2,1H3,(H,17,18)/t8-,9+,10+,12-,13-/m1/s1. The van der Waals surface area contributed by atoms with Gasteiger partial charge in [0.05, 0.1) is 0 Å². The van der Waals surface area contributed by atoms with E-state index in [0.29, 0.717) is 35.1 Å². The molecule has 2 nitrogen and oxygen atoms in total. The molecule has 4 aliphatic rings. The molecule has 2 saturated heterocycles. The minimum Gasteiger partial charge on any atom is -0.353 e. The Balaban J connectivity index is 1.90. The third-order valence-electron chi connectivity index (χ3n) is 6.03. The molecule has 0 aromatic carbocycles. The Labute approximate surface area is 113 Å². The van der Waals surface area contributed by atoms with Crippen molar-refractivity contribution in [3.05, 3.63) is 11.1 Å². The SMILES string of the molecule is C[C@@H]1C(Cl)=C[C@H]2[C@@H]3CCC[C@@H](NC3=O)[C@@H]1C21CC1. The number of nitrogens with one attached hydrogen (secondary N) is 1. The van der Waals surface area contributed by atoms with Crippen molar-refractivity contribution in [1.82, 2.24) is 5.32 Å². The van der Waals surface area contributed by atoms with Crippen molar-refractivity contribution in [2.24, 2.45) is 29.1 Å². The zero-order chi connectivity index (χ0) is 12.5. The van der Waals surface area contributed by atoms with E-state index in [9.17, 15) is 4.79 Å². The summed E-state index contributed by atoms with van der Waals surface area (Å²) in [5.74, 6) is 1.90. The summed E-state index contributed by atoms with van der Waals surface area (Å²) in [6.07, 6.45) is 8.24. The Kier molecular flexibility index (Phi) is 2.22. The van der Waals surface area contributed by atoms with Crippen molar-refractivity contribution < 1.29 is 4.79 Å². The Bertz CT molecular complexity index is 440. The summed E-state index contributed by atoms with van der Waals surface area (Å²) >= 11 is 6.48. The summed E-state index contributed by atoms with van der Waals surface area (Å²) in [4.78, 5) is 12.4. The van der Waals surface area contributed by atoms with Gasteiger partial charge in [0.2, 0.25) is 5.91 Å². The van der Waals surface area contributed by atoms with E-state index in [4.69, 9.17) is 11.6 Å². The van der Waals surface area contributed by atoms with E-state index in [2.05, 4.69) is 18.3 Å². The van der Waals surface area contributed by atoms with Crippen LogP contribution in [0.4, 0.5) is 0 Å². The highest BCUT2D eigenvalue weighted by atomic mass is 35.5. The number of hydrogen-bond acceptors (Lipinski definition) is 1. The molecular formula is C15H20ClNO. The Hall–Kier alpha value is -0.500. The predicted octanol–water partition coefficient (Wildman–Crippen LogP) is 3.07. The first-order chi connectivity index (χ1) is 8.63. The zero-order valence-electron chi connectivity index (χ0n) is 10.8. The Morgan fingerprint density at radius 3 is 2.89 bits per heavy atom. The third kappa shape index (κ3) is 1.28. The highest BCUT2D eigenvalue weighted by Gasteiger charge is 2.64. The maximum absolute atomic E-state index is 12.4. The van der Waals surface area contributed by atoms with Gasteiger partial charge in [-0.15, -0.1) is 0 Å². The lowest BCUT2D eigenvalue weighted by molar-refractivity contribution is -0.126. The van der Waals surface area contributed by atoms with Gasteiger partial charge >= 0.3 is 0 Å². The number of fused-ring (bicyclic) bond motifs is 5. The molecule has 4 rings (SSSR count). The van der Waals surface area contributed by atoms with Crippen LogP contribution in [0.15, 0.2) is 11.1 Å². The van der Waals surface area contributed by atoms with Crippen LogP contribution in [-0.4, -0.2) is 11.9 Å². The molecular weight excluding hydrogens is 246 g/mol. The Morgan fingerprint density at radius 1 is 1.39 bits per heavy atom. The van der Waals surface area contributed by atoms with Crippen LogP contribution in [0, 0.1) is 29.1 Å². The molecule has 2 aliphatic heterocycles. The van der Waals surface area contributed by atoms with E-state index in [1.165, 1.54) is 19.3 Å². The van der Waals surface area contributed by atoms with Crippen molar-refractivity contribution in [2.75, 3.05) is 0 Å². The van der Waals surface area contributed by atoms with Gasteiger partial charge in [0.1, 0.15) is 0 Å². The van der Waals surface area contributed by atoms with E-state index in [1.54, 1.807) is 0 Å². The molecule has 0 radical (unpaired) electrons. The molecule has 18 heavy (non-hydrogen) atoms. The van der Waals surface area contributed by atoms with Crippen molar-refractivity contribution >= 4 is 17.5 Å². The van der Waals surface area contributed by atoms with Crippen LogP contribution < -0.4 is 5.32 Å². The lowest BCUT2D eigenvalue weighted by Gasteiger charge is -2.44. The summed E-state index contributed by atoms with van der Waals surface area (Å²) in [6.45, 7) is 2.25. The highest BCUT2D eigenvalue weighted by Crippen LogP contribution is 2.68. The van der Waals surface area contributed by atoms with E-state index >= 15 is 0 Å². The first kappa shape index (κ1) is 11.3. The van der Waals surface area contributed by atoms with E-state index in [0.717, 1.165) is 17.9 Å². The van der Waals surface area contributed by atoms with Crippen LogP contribution in [0.2, 0.25) is 0 Å². The third-order valence-corrected chi connectivity index (χ3v) is 6.50. The van der Waals surface area contributed by atoms with Gasteiger partial charge < -0.3 is 5.32 Å². The lowest BCUT2D eigenvalue weighted by Crippen LogP contribution is -2.45. The molecule has 0 aromatic rings. The molecule has 4 bridgehead atoms. The van der Waals surface area contributed by atoms with Crippen LogP contribution in [0.25, 0.3) is 0 Å². The monoisotopic (exact) mass is 265 g/mol. The van der Waals surface area contributed by atoms with Crippen molar-refractivity contribution in [2.45, 2.75) is 45.1 Å². The van der Waals surface area contributed by atoms with Gasteiger partial charge in [0.15, 0.2) is 0 Å². The molecule has 5 atom stereocenters. The fourth-order valence-corrected chi connectivity index (χ4v) is 5.39. The van der Waals surface area contributed by atoms with Crippen molar-refractivity contribution in [1.29, 1.82) is 0 Å². The van der Waals surface area contributed by atoms with Gasteiger partial charge in [-0.25, -0.2) is 0 Å². The molecule has 1 N–H and O–H groups in total. The van der Waals surface area contributed by atoms with Gasteiger partial charge in [-0.05, 0) is 48.9 Å². The molecule has 2 aliphatic carbocycles. The van der Waals surface area contributed by atoms with Gasteiger partial charge in [-0.2, -0.15) is 0 Å². The van der Waals surface area contributed by atoms with Crippen LogP contribution >= 0.6 is 11.6 Å². The van der Waals surface area contributed by atoms with Crippen LogP contribution in [-0.2, 0) is 4.79 Å². The largest absolute Gasteiger partial charge is 0.353 e. The van der Waals surface area contributed by atoms with Crippen molar-refractivity contribution in [3.8, 4) is 0 Å². The second-order valence-corrected chi connectivity index (χ2v) is 7.21. The second kappa shape index (κ2) is 3.53. The second-order valence-electron chi connectivity index (χ2n) is 6.78. The number of amides is 1. The number of carbonyl (C=O) groups excluding carboxylic acids is 1. The van der Waals surface area contributed by atoms with Gasteiger partial charge in [-0.3, -0.25) is 4.79 Å². The molecule has 98 valence electrons. The fourth-order valence-electron chi connectivity index (χ4n) is 5.12. The maximum Gasteiger partial charge on any atom is 0.223 e. The molecule has 3 heteroatoms. The molecule has 0 unspecified atom stereocenters. The highest BCUT2D eigenvalue weighted by molar-refractivity contribution is 6.30. The van der Waals surface area contributed by atoms with Gasteiger partial charge in [0, 0.05) is 17.0 Å². The maximum atomic E-state index is 12.4. The average molecular weight is 266 g/mol. The van der Waals surface area contributed by atoms with Gasteiger partial charge in [0.25, 0.3) is 0 Å². The van der Waals surface area contributed by atoms with Crippen LogP contribution in [0.5, 0.6) is 0 Å². The number of rotatable bonds is 0. The van der Waals surface area contributed by atoms with Crippen LogP contribution in [0.3, 0.4) is 0 Å². The quantitative estimate of drug-likeness (QED) is 0.717. The van der Waals surface area contributed by atoms with Gasteiger partial charge in [-0.1, -0.05) is 31.0 Å². The lowest BCUT2D eigenvalue weighted by atomic mass is 9.60. The molecule has 1 amide bonds. The average Bonchev–Trinajstić information content (AvgIpc) is 3.11. The van der Waals surface area contributed by atoms with E-state index in [1.807, 2.05) is 0 Å². The van der Waals surface area contributed by atoms with E-state index in [-0.39, 0.29) is 5.92 Å². The first-order valence-electron chi connectivity index (χ1n) is 7.31. The van der Waals surface area contributed by atoms with Crippen LogP contribution in [0.1, 0.15) is 39.0 Å². The minimum atomic E-state index is 0.184. The molecule has 1 spiro atoms. The Morgan fingerprint density at radius 2 is 2.17 bits per heavy atom. The van der Waals surface area contributed by atoms with E-state index < -0.39 is 0 Å². The molecule has 0 aromatic heterocycles. The van der Waals surface area contributed by atoms with Crippen molar-refractivity contribution in [3.63, 3.8) is 0 Å². The number of allylic oxidation sites excluding steroid dienone is 2. The first-order valence-corrected chi connectivity index (χ1v) is 7.69. The normalized spacial score (nSPS) is 48.2. The molecule has 1 saturated carbocycles. The summed E-state index contributed by atoms with van der Waals surface area (Å²) in [7, 11) is 0. The summed E-state index contributed by atoms with van der Waals surface area (Å²) in [5, 5.41) is 4.34. The molecule has 2 heterocycles. The number of carbonyl (C=O) groups is 1. The summed E-state index contributed by atoms with van der Waals surface area (Å²) in [6, 6.07) is 0.368. The fraction of sp³-hybridized carbons (Fsp3) is 0.800. The molecule has 3 fully saturated rings. The predicted molar refractivity (Wildman–Crippen MR) is 71.0 cm³/mol. The summed E-state index contributed by atoms with van der Waals surface area (Å²) < 4.78 is 0. The number of hydrogen-bond donors (Lipinski definition) is 1. The summed E-state index contributed by atoms with van der Waals surface area (Å²) in [5.41, 5.74) is 0.409. The zero-order valence-corrected chi connectivity index (χ0v) is 11.5. The minimum absolute atomic E-state index is 0.184. The topological polar surface area (TPSA) is 29.1 Å².